The molecule has 0 aliphatic carbocycles. The lowest BCUT2D eigenvalue weighted by Gasteiger charge is -2.26. The monoisotopic (exact) mass is 279 g/mol. The van der Waals surface area contributed by atoms with E-state index in [1.807, 2.05) is 21.1 Å². The molecule has 0 amide bonds. The first-order valence-corrected chi connectivity index (χ1v) is 5.88. The number of quaternary nitrogens is 1. The molecule has 8 heteroatoms. The van der Waals surface area contributed by atoms with E-state index in [9.17, 15) is 19.8 Å². The second-order valence-electron chi connectivity index (χ2n) is 5.30. The molecule has 112 valence electrons. The summed E-state index contributed by atoms with van der Waals surface area (Å²) >= 11 is 0. The molecule has 0 radical (unpaired) electrons. The van der Waals surface area contributed by atoms with Gasteiger partial charge in [-0.15, -0.1) is 0 Å². The summed E-state index contributed by atoms with van der Waals surface area (Å²) in [6.45, 7) is -0.134. The van der Waals surface area contributed by atoms with Gasteiger partial charge in [-0.05, 0) is 0 Å². The summed E-state index contributed by atoms with van der Waals surface area (Å²) in [7, 11) is 5.62. The SMILES string of the molecule is C[N+](C)(C)CC(O)CC(=O)OC(O)CNCC(=O)O. The highest BCUT2D eigenvalue weighted by Gasteiger charge is 2.21. The number of nitrogens with zero attached hydrogens (tertiary/aromatic N) is 1. The Balaban J connectivity index is 3.87. The topological polar surface area (TPSA) is 116 Å². The smallest absolute Gasteiger partial charge is 0.317 e. The van der Waals surface area contributed by atoms with Gasteiger partial charge in [-0.1, -0.05) is 0 Å². The van der Waals surface area contributed by atoms with Crippen molar-refractivity contribution in [2.75, 3.05) is 40.8 Å². The lowest BCUT2D eigenvalue weighted by atomic mass is 10.2. The van der Waals surface area contributed by atoms with Crippen LogP contribution in [0.2, 0.25) is 0 Å². The van der Waals surface area contributed by atoms with Gasteiger partial charge in [-0.2, -0.15) is 0 Å². The Morgan fingerprint density at radius 1 is 1.26 bits per heavy atom. The van der Waals surface area contributed by atoms with Gasteiger partial charge in [0.2, 0.25) is 6.29 Å². The molecule has 0 aromatic heterocycles. The minimum atomic E-state index is -1.43. The van der Waals surface area contributed by atoms with Crippen molar-refractivity contribution in [1.82, 2.24) is 5.32 Å². The highest BCUT2D eigenvalue weighted by Crippen LogP contribution is 2.02. The van der Waals surface area contributed by atoms with E-state index in [1.165, 1.54) is 0 Å². The summed E-state index contributed by atoms with van der Waals surface area (Å²) < 4.78 is 5.11. The first-order chi connectivity index (χ1) is 8.60. The van der Waals surface area contributed by atoms with Crippen LogP contribution in [0.4, 0.5) is 0 Å². The predicted octanol–water partition coefficient (Wildman–Crippen LogP) is -2.02. The molecule has 0 aromatic carbocycles. The number of carboxylic acid groups (broad SMARTS) is 1. The summed E-state index contributed by atoms with van der Waals surface area (Å²) in [5.74, 6) is -1.80. The Hall–Kier alpha value is -1.22. The fourth-order valence-corrected chi connectivity index (χ4v) is 1.43. The number of hydrogen-bond acceptors (Lipinski definition) is 6. The van der Waals surface area contributed by atoms with Crippen LogP contribution in [0.3, 0.4) is 0 Å². The van der Waals surface area contributed by atoms with Gasteiger partial charge in [0.25, 0.3) is 0 Å². The Morgan fingerprint density at radius 2 is 1.84 bits per heavy atom. The number of aliphatic hydroxyl groups is 2. The molecular weight excluding hydrogens is 256 g/mol. The van der Waals surface area contributed by atoms with Crippen LogP contribution in [0.1, 0.15) is 6.42 Å². The van der Waals surface area contributed by atoms with E-state index in [0.717, 1.165) is 0 Å². The number of esters is 1. The molecule has 0 rings (SSSR count). The largest absolute Gasteiger partial charge is 0.480 e. The first kappa shape index (κ1) is 17.8. The molecule has 0 aromatic rings. The lowest BCUT2D eigenvalue weighted by Crippen LogP contribution is -2.42. The highest BCUT2D eigenvalue weighted by molar-refractivity contribution is 5.70. The number of hydrogen-bond donors (Lipinski definition) is 4. The van der Waals surface area contributed by atoms with Crippen LogP contribution in [-0.2, 0) is 14.3 Å². The molecule has 2 unspecified atom stereocenters. The van der Waals surface area contributed by atoms with Crippen LogP contribution in [-0.4, -0.2) is 84.9 Å². The van der Waals surface area contributed by atoms with Crippen LogP contribution in [0, 0.1) is 0 Å². The average Bonchev–Trinajstić information content (AvgIpc) is 2.12. The zero-order valence-corrected chi connectivity index (χ0v) is 11.5. The van der Waals surface area contributed by atoms with Gasteiger partial charge in [0, 0.05) is 0 Å². The number of carbonyl (C=O) groups is 2. The number of aliphatic carboxylic acids is 1. The van der Waals surface area contributed by atoms with Crippen molar-refractivity contribution in [1.29, 1.82) is 0 Å². The minimum absolute atomic E-state index is 0.177. The Morgan fingerprint density at radius 3 is 2.32 bits per heavy atom. The van der Waals surface area contributed by atoms with E-state index in [1.54, 1.807) is 0 Å². The van der Waals surface area contributed by atoms with Gasteiger partial charge < -0.3 is 29.9 Å². The summed E-state index contributed by atoms with van der Waals surface area (Å²) in [5, 5.41) is 29.7. The number of ether oxygens (including phenoxy) is 1. The molecule has 0 aliphatic heterocycles. The average molecular weight is 279 g/mol. The van der Waals surface area contributed by atoms with Gasteiger partial charge in [-0.25, -0.2) is 0 Å². The Kier molecular flexibility index (Phi) is 7.53. The van der Waals surface area contributed by atoms with Crippen molar-refractivity contribution in [3.8, 4) is 0 Å². The van der Waals surface area contributed by atoms with Crippen molar-refractivity contribution in [2.24, 2.45) is 0 Å². The van der Waals surface area contributed by atoms with Crippen LogP contribution in [0.5, 0.6) is 0 Å². The molecule has 19 heavy (non-hydrogen) atoms. The summed E-state index contributed by atoms with van der Waals surface area (Å²) in [5.41, 5.74) is 0. The fourth-order valence-electron chi connectivity index (χ4n) is 1.43. The van der Waals surface area contributed by atoms with Crippen molar-refractivity contribution >= 4 is 11.9 Å². The minimum Gasteiger partial charge on any atom is -0.480 e. The Labute approximate surface area is 112 Å². The molecule has 0 saturated carbocycles. The van der Waals surface area contributed by atoms with Crippen LogP contribution < -0.4 is 5.32 Å². The van der Waals surface area contributed by atoms with E-state index >= 15 is 0 Å². The third-order valence-electron chi connectivity index (χ3n) is 2.02. The molecule has 2 atom stereocenters. The maximum absolute atomic E-state index is 11.4. The molecule has 0 bridgehead atoms. The number of nitrogens with one attached hydrogen (secondary N) is 1. The van der Waals surface area contributed by atoms with E-state index in [0.29, 0.717) is 11.0 Å². The molecular formula is C11H23N2O6+. The fraction of sp³-hybridized carbons (Fsp3) is 0.818. The van der Waals surface area contributed by atoms with Crippen LogP contribution >= 0.6 is 0 Å². The van der Waals surface area contributed by atoms with Gasteiger partial charge >= 0.3 is 11.9 Å². The summed E-state index contributed by atoms with van der Waals surface area (Å²) in [6.07, 6.45) is -2.50. The van der Waals surface area contributed by atoms with E-state index < -0.39 is 24.3 Å². The van der Waals surface area contributed by atoms with Gasteiger partial charge in [0.15, 0.2) is 0 Å². The molecule has 0 spiro atoms. The van der Waals surface area contributed by atoms with E-state index in [4.69, 9.17) is 5.11 Å². The predicted molar refractivity (Wildman–Crippen MR) is 66.1 cm³/mol. The molecule has 8 nitrogen and oxygen atoms in total. The van der Waals surface area contributed by atoms with Crippen molar-refractivity contribution in [3.63, 3.8) is 0 Å². The zero-order chi connectivity index (χ0) is 15.1. The maximum Gasteiger partial charge on any atom is 0.317 e. The first-order valence-electron chi connectivity index (χ1n) is 5.88. The number of carboxylic acids is 1. The van der Waals surface area contributed by atoms with Gasteiger partial charge in [-0.3, -0.25) is 9.59 Å². The van der Waals surface area contributed by atoms with Gasteiger partial charge in [0.05, 0.1) is 40.7 Å². The zero-order valence-electron chi connectivity index (χ0n) is 11.5. The summed E-state index contributed by atoms with van der Waals surface area (Å²) in [4.78, 5) is 21.5. The highest BCUT2D eigenvalue weighted by atomic mass is 16.6. The molecule has 0 saturated heterocycles. The van der Waals surface area contributed by atoms with Crippen LogP contribution in [0.25, 0.3) is 0 Å². The maximum atomic E-state index is 11.4. The molecule has 0 heterocycles. The van der Waals surface area contributed by atoms with Crippen molar-refractivity contribution in [3.05, 3.63) is 0 Å². The van der Waals surface area contributed by atoms with E-state index in [-0.39, 0.29) is 19.5 Å². The normalized spacial score (nSPS) is 14.8. The van der Waals surface area contributed by atoms with Crippen molar-refractivity contribution in [2.45, 2.75) is 18.8 Å². The molecule has 4 N–H and O–H groups in total. The van der Waals surface area contributed by atoms with Crippen molar-refractivity contribution < 1.29 is 34.1 Å². The second kappa shape index (κ2) is 8.05. The number of carbonyl (C=O) groups excluding carboxylic acids is 1. The molecule has 0 aliphatic rings. The number of aliphatic hydroxyl groups excluding tert-OH is 2. The van der Waals surface area contributed by atoms with Crippen LogP contribution in [0.15, 0.2) is 0 Å². The Bertz CT molecular complexity index is 302. The summed E-state index contributed by atoms with van der Waals surface area (Å²) in [6, 6.07) is 0. The standard InChI is InChI=1S/C11H22N2O6/c1-13(2,3)7-8(14)4-10(17)19-11(18)6-12-5-9(15)16/h8,11-12,14,18H,4-7H2,1-3H3/p+1. The molecule has 0 fully saturated rings. The third-order valence-corrected chi connectivity index (χ3v) is 2.02. The lowest BCUT2D eigenvalue weighted by molar-refractivity contribution is -0.873. The number of likely N-dealkylation sites (N-methyl/N-ethyl adjacent to an activating group) is 1. The quantitative estimate of drug-likeness (QED) is 0.219. The third kappa shape index (κ3) is 11.6. The van der Waals surface area contributed by atoms with Gasteiger partial charge in [0.1, 0.15) is 12.6 Å². The second-order valence-corrected chi connectivity index (χ2v) is 5.30. The number of rotatable bonds is 9. The van der Waals surface area contributed by atoms with E-state index in [2.05, 4.69) is 10.1 Å².